The number of aromatic nitrogens is 4. The van der Waals surface area contributed by atoms with E-state index in [1.165, 1.54) is 5.56 Å². The third-order valence-electron chi connectivity index (χ3n) is 4.92. The lowest BCUT2D eigenvalue weighted by Crippen LogP contribution is -2.31. The monoisotopic (exact) mass is 349 g/mol. The van der Waals surface area contributed by atoms with Crippen LogP contribution in [0.3, 0.4) is 0 Å². The molecule has 7 nitrogen and oxygen atoms in total. The number of nitriles is 1. The van der Waals surface area contributed by atoms with E-state index in [4.69, 9.17) is 4.98 Å². The zero-order valence-corrected chi connectivity index (χ0v) is 15.0. The van der Waals surface area contributed by atoms with E-state index in [-0.39, 0.29) is 0 Å². The van der Waals surface area contributed by atoms with Gasteiger partial charge in [0, 0.05) is 57.2 Å². The predicted octanol–water partition coefficient (Wildman–Crippen LogP) is 2.13. The van der Waals surface area contributed by atoms with E-state index in [9.17, 15) is 5.26 Å². The van der Waals surface area contributed by atoms with E-state index in [1.807, 2.05) is 39.7 Å². The van der Waals surface area contributed by atoms with E-state index < -0.39 is 0 Å². The quantitative estimate of drug-likeness (QED) is 0.722. The maximum absolute atomic E-state index is 9.62. The molecule has 1 fully saturated rings. The van der Waals surface area contributed by atoms with Crippen LogP contribution in [0.15, 0.2) is 36.8 Å². The summed E-state index contributed by atoms with van der Waals surface area (Å²) in [6, 6.07) is 8.16. The number of nitrogens with zero attached hydrogens (tertiary/aromatic N) is 7. The Morgan fingerprint density at radius 1 is 1.19 bits per heavy atom. The van der Waals surface area contributed by atoms with Crippen molar-refractivity contribution in [1.29, 1.82) is 5.26 Å². The molecule has 0 N–H and O–H groups in total. The third kappa shape index (κ3) is 3.16. The molecule has 26 heavy (non-hydrogen) atoms. The van der Waals surface area contributed by atoms with Crippen molar-refractivity contribution in [2.75, 3.05) is 31.1 Å². The van der Waals surface area contributed by atoms with Crippen molar-refractivity contribution in [3.05, 3.63) is 48.0 Å². The van der Waals surface area contributed by atoms with Gasteiger partial charge >= 0.3 is 0 Å². The lowest BCUT2D eigenvalue weighted by atomic mass is 10.3. The molecule has 0 amide bonds. The zero-order valence-electron chi connectivity index (χ0n) is 15.0. The van der Waals surface area contributed by atoms with E-state index in [0.717, 1.165) is 57.2 Å². The summed E-state index contributed by atoms with van der Waals surface area (Å²) < 4.78 is 3.84. The van der Waals surface area contributed by atoms with Crippen LogP contribution in [0, 0.1) is 11.3 Å². The predicted molar refractivity (Wildman–Crippen MR) is 99.9 cm³/mol. The molecule has 0 aromatic carbocycles. The van der Waals surface area contributed by atoms with Gasteiger partial charge in [-0.1, -0.05) is 6.07 Å². The van der Waals surface area contributed by atoms with Crippen molar-refractivity contribution in [2.45, 2.75) is 26.4 Å². The molecular formula is C19H23N7. The second-order valence-corrected chi connectivity index (χ2v) is 6.65. The smallest absolute Gasteiger partial charge is 0.169 e. The Labute approximate surface area is 153 Å². The molecule has 0 unspecified atom stereocenters. The van der Waals surface area contributed by atoms with Crippen molar-refractivity contribution in [3.8, 4) is 6.07 Å². The van der Waals surface area contributed by atoms with Gasteiger partial charge in [0.1, 0.15) is 11.7 Å². The van der Waals surface area contributed by atoms with Crippen molar-refractivity contribution in [3.63, 3.8) is 0 Å². The molecule has 0 saturated carbocycles. The van der Waals surface area contributed by atoms with Gasteiger partial charge in [-0.2, -0.15) is 10.4 Å². The fourth-order valence-corrected chi connectivity index (χ4v) is 3.57. The van der Waals surface area contributed by atoms with Gasteiger partial charge in [0.2, 0.25) is 0 Å². The van der Waals surface area contributed by atoms with Crippen LogP contribution in [-0.2, 0) is 13.1 Å². The highest BCUT2D eigenvalue weighted by Gasteiger charge is 2.21. The Morgan fingerprint density at radius 2 is 2.12 bits per heavy atom. The van der Waals surface area contributed by atoms with E-state index in [2.05, 4.69) is 34.1 Å². The van der Waals surface area contributed by atoms with Crippen molar-refractivity contribution in [2.24, 2.45) is 0 Å². The first kappa shape index (κ1) is 16.6. The van der Waals surface area contributed by atoms with Gasteiger partial charge in [-0.05, 0) is 25.5 Å². The summed E-state index contributed by atoms with van der Waals surface area (Å²) in [4.78, 5) is 9.42. The molecule has 1 aliphatic heterocycles. The van der Waals surface area contributed by atoms with Gasteiger partial charge in [-0.15, -0.1) is 0 Å². The highest BCUT2D eigenvalue weighted by Crippen LogP contribution is 2.22. The SMILES string of the molecule is CCn1cc(CN2CCCN(c3nc4ccccn4c3C#N)CC2)cn1. The summed E-state index contributed by atoms with van der Waals surface area (Å²) in [6.45, 7) is 7.72. The molecule has 4 rings (SSSR count). The molecule has 134 valence electrons. The van der Waals surface area contributed by atoms with Crippen LogP contribution < -0.4 is 4.90 Å². The van der Waals surface area contributed by atoms with Gasteiger partial charge < -0.3 is 4.90 Å². The number of hydrogen-bond acceptors (Lipinski definition) is 5. The van der Waals surface area contributed by atoms with Gasteiger partial charge in [0.05, 0.1) is 6.20 Å². The normalized spacial score (nSPS) is 15.9. The van der Waals surface area contributed by atoms with Gasteiger partial charge in [0.25, 0.3) is 0 Å². The van der Waals surface area contributed by atoms with Gasteiger partial charge in [0.15, 0.2) is 11.5 Å². The fourth-order valence-electron chi connectivity index (χ4n) is 3.57. The van der Waals surface area contributed by atoms with Crippen LogP contribution in [0.25, 0.3) is 5.65 Å². The number of rotatable bonds is 4. The average Bonchev–Trinajstić information content (AvgIpc) is 3.20. The molecule has 0 radical (unpaired) electrons. The summed E-state index contributed by atoms with van der Waals surface area (Å²) in [6.07, 6.45) is 7.04. The molecule has 7 heteroatoms. The molecule has 0 aliphatic carbocycles. The lowest BCUT2D eigenvalue weighted by Gasteiger charge is -2.21. The average molecular weight is 349 g/mol. The molecular weight excluding hydrogens is 326 g/mol. The Kier molecular flexibility index (Phi) is 4.59. The Bertz CT molecular complexity index is 933. The number of fused-ring (bicyclic) bond motifs is 1. The lowest BCUT2D eigenvalue weighted by molar-refractivity contribution is 0.285. The summed E-state index contributed by atoms with van der Waals surface area (Å²) in [7, 11) is 0. The first-order valence-electron chi connectivity index (χ1n) is 9.14. The van der Waals surface area contributed by atoms with Crippen LogP contribution in [-0.4, -0.2) is 50.2 Å². The van der Waals surface area contributed by atoms with E-state index in [1.54, 1.807) is 0 Å². The number of aryl methyl sites for hydroxylation is 1. The first-order chi connectivity index (χ1) is 12.8. The summed E-state index contributed by atoms with van der Waals surface area (Å²) >= 11 is 0. The Balaban J connectivity index is 1.49. The largest absolute Gasteiger partial charge is 0.353 e. The number of imidazole rings is 1. The summed E-state index contributed by atoms with van der Waals surface area (Å²) in [5, 5.41) is 14.0. The molecule has 1 saturated heterocycles. The van der Waals surface area contributed by atoms with Crippen LogP contribution in [0.4, 0.5) is 5.82 Å². The topological polar surface area (TPSA) is 65.4 Å². The second-order valence-electron chi connectivity index (χ2n) is 6.65. The standard InChI is InChI=1S/C19H23N7/c1-2-25-15-16(13-21-25)14-23-7-5-8-24(11-10-23)19-17(12-20)26-9-4-3-6-18(26)22-19/h3-4,6,9,13,15H,2,5,7-8,10-11,14H2,1H3. The highest BCUT2D eigenvalue weighted by molar-refractivity contribution is 5.60. The van der Waals surface area contributed by atoms with Crippen molar-refractivity contribution >= 4 is 11.5 Å². The minimum Gasteiger partial charge on any atom is -0.353 e. The maximum Gasteiger partial charge on any atom is 0.169 e. The molecule has 0 bridgehead atoms. The van der Waals surface area contributed by atoms with Crippen molar-refractivity contribution < 1.29 is 0 Å². The first-order valence-corrected chi connectivity index (χ1v) is 9.14. The van der Waals surface area contributed by atoms with Crippen LogP contribution in [0.2, 0.25) is 0 Å². The summed E-state index contributed by atoms with van der Waals surface area (Å²) in [5.74, 6) is 0.805. The minimum absolute atomic E-state index is 0.623. The second kappa shape index (κ2) is 7.18. The number of hydrogen-bond donors (Lipinski definition) is 0. The number of pyridine rings is 1. The van der Waals surface area contributed by atoms with Crippen LogP contribution >= 0.6 is 0 Å². The molecule has 1 aliphatic rings. The fraction of sp³-hybridized carbons (Fsp3) is 0.421. The Hall–Kier alpha value is -2.85. The molecule has 3 aromatic heterocycles. The van der Waals surface area contributed by atoms with E-state index in [0.29, 0.717) is 5.69 Å². The van der Waals surface area contributed by atoms with E-state index >= 15 is 0 Å². The maximum atomic E-state index is 9.62. The van der Waals surface area contributed by atoms with Crippen molar-refractivity contribution in [1.82, 2.24) is 24.1 Å². The highest BCUT2D eigenvalue weighted by atomic mass is 15.3. The van der Waals surface area contributed by atoms with Gasteiger partial charge in [-0.3, -0.25) is 14.0 Å². The number of anilines is 1. The van der Waals surface area contributed by atoms with Crippen LogP contribution in [0.1, 0.15) is 24.6 Å². The zero-order chi connectivity index (χ0) is 17.9. The van der Waals surface area contributed by atoms with Crippen LogP contribution in [0.5, 0.6) is 0 Å². The molecule has 0 atom stereocenters. The Morgan fingerprint density at radius 3 is 2.92 bits per heavy atom. The minimum atomic E-state index is 0.623. The summed E-state index contributed by atoms with van der Waals surface area (Å²) in [5.41, 5.74) is 2.70. The molecule has 4 heterocycles. The molecule has 0 spiro atoms. The molecule has 3 aromatic rings. The third-order valence-corrected chi connectivity index (χ3v) is 4.92. The van der Waals surface area contributed by atoms with Gasteiger partial charge in [-0.25, -0.2) is 4.98 Å².